The second kappa shape index (κ2) is 8.81. The van der Waals surface area contributed by atoms with Gasteiger partial charge in [-0.15, -0.1) is 0 Å². The Morgan fingerprint density at radius 1 is 1.11 bits per heavy atom. The maximum Gasteiger partial charge on any atom is 0.266 e. The summed E-state index contributed by atoms with van der Waals surface area (Å²) in [6.45, 7) is 0.107. The number of carbonyl (C=O) groups is 3. The Bertz CT molecular complexity index is 973. The van der Waals surface area contributed by atoms with E-state index in [1.807, 2.05) is 30.3 Å². The van der Waals surface area contributed by atoms with Gasteiger partial charge in [-0.1, -0.05) is 72.5 Å². The Balaban J connectivity index is 1.62. The summed E-state index contributed by atoms with van der Waals surface area (Å²) >= 11 is 6.45. The summed E-state index contributed by atoms with van der Waals surface area (Å²) in [5.74, 6) is -2.05. The lowest BCUT2D eigenvalue weighted by Gasteiger charge is -2.15. The van der Waals surface area contributed by atoms with Crippen molar-refractivity contribution in [1.29, 1.82) is 0 Å². The van der Waals surface area contributed by atoms with Gasteiger partial charge >= 0.3 is 0 Å². The zero-order chi connectivity index (χ0) is 20.1. The van der Waals surface area contributed by atoms with Gasteiger partial charge in [-0.25, -0.2) is 0 Å². The molecule has 1 heterocycles. The molecule has 8 heteroatoms. The largest absolute Gasteiger partial charge is 0.545 e. The molecule has 0 atom stereocenters. The topological polar surface area (TPSA) is 89.5 Å². The maximum absolute atomic E-state index is 12.6. The number of para-hydroxylation sites is 1. The number of amides is 2. The number of aromatic carboxylic acids is 1. The highest BCUT2D eigenvalue weighted by Gasteiger charge is 2.32. The molecule has 0 radical (unpaired) electrons. The summed E-state index contributed by atoms with van der Waals surface area (Å²) in [4.78, 5) is 37.7. The summed E-state index contributed by atoms with van der Waals surface area (Å²) in [5, 5.41) is 13.6. The molecule has 0 saturated carbocycles. The van der Waals surface area contributed by atoms with Crippen LogP contribution in [-0.4, -0.2) is 33.5 Å². The number of carboxylic acid groups (broad SMARTS) is 1. The SMILES string of the molecule is O=C(CCN1C(=O)C(=Cc2ccccc2)SC1=S)Nc1ccccc1C(=O)[O-]. The Labute approximate surface area is 171 Å². The molecule has 0 spiro atoms. The highest BCUT2D eigenvalue weighted by atomic mass is 32.2. The first-order valence-corrected chi connectivity index (χ1v) is 9.59. The predicted molar refractivity (Wildman–Crippen MR) is 110 cm³/mol. The van der Waals surface area contributed by atoms with Gasteiger partial charge in [-0.3, -0.25) is 14.5 Å². The fraction of sp³-hybridized carbons (Fsp3) is 0.100. The number of nitrogens with zero attached hydrogens (tertiary/aromatic N) is 1. The van der Waals surface area contributed by atoms with Crippen molar-refractivity contribution < 1.29 is 19.5 Å². The van der Waals surface area contributed by atoms with Crippen LogP contribution >= 0.6 is 24.0 Å². The summed E-state index contributed by atoms with van der Waals surface area (Å²) in [5.41, 5.74) is 0.939. The predicted octanol–water partition coefficient (Wildman–Crippen LogP) is 2.28. The number of thiocarbonyl (C=S) groups is 1. The maximum atomic E-state index is 12.6. The summed E-state index contributed by atoms with van der Waals surface area (Å²) < 4.78 is 0.384. The van der Waals surface area contributed by atoms with Crippen molar-refractivity contribution in [2.24, 2.45) is 0 Å². The third-order valence-corrected chi connectivity index (χ3v) is 5.33. The van der Waals surface area contributed by atoms with Gasteiger partial charge in [0.2, 0.25) is 5.91 Å². The van der Waals surface area contributed by atoms with Gasteiger partial charge in [0.1, 0.15) is 4.32 Å². The molecule has 2 amide bonds. The van der Waals surface area contributed by atoms with Gasteiger partial charge in [0.25, 0.3) is 5.91 Å². The van der Waals surface area contributed by atoms with E-state index in [-0.39, 0.29) is 30.1 Å². The second-order valence-corrected chi connectivity index (χ2v) is 7.55. The molecule has 1 aliphatic heterocycles. The van der Waals surface area contributed by atoms with E-state index in [2.05, 4.69) is 5.32 Å². The smallest absolute Gasteiger partial charge is 0.266 e. The molecule has 0 aliphatic carbocycles. The van der Waals surface area contributed by atoms with Crippen LogP contribution in [0.3, 0.4) is 0 Å². The average molecular weight is 411 g/mol. The lowest BCUT2D eigenvalue weighted by Crippen LogP contribution is -2.32. The molecular formula is C20H15N2O4S2-. The number of nitrogens with one attached hydrogen (secondary N) is 1. The molecule has 2 aromatic rings. The zero-order valence-corrected chi connectivity index (χ0v) is 16.2. The van der Waals surface area contributed by atoms with Crippen LogP contribution < -0.4 is 10.4 Å². The van der Waals surface area contributed by atoms with E-state index in [0.29, 0.717) is 9.23 Å². The molecule has 6 nitrogen and oxygen atoms in total. The first-order valence-electron chi connectivity index (χ1n) is 8.36. The number of anilines is 1. The molecule has 1 aliphatic rings. The van der Waals surface area contributed by atoms with Gasteiger partial charge in [0, 0.05) is 24.2 Å². The Hall–Kier alpha value is -2.97. The van der Waals surface area contributed by atoms with Crippen molar-refractivity contribution in [2.75, 3.05) is 11.9 Å². The minimum Gasteiger partial charge on any atom is -0.545 e. The molecule has 1 N–H and O–H groups in total. The van der Waals surface area contributed by atoms with Crippen molar-refractivity contribution in [3.8, 4) is 0 Å². The van der Waals surface area contributed by atoms with Crippen molar-refractivity contribution in [3.05, 3.63) is 70.6 Å². The minimum absolute atomic E-state index is 0.0214. The van der Waals surface area contributed by atoms with Crippen molar-refractivity contribution >= 4 is 57.8 Å². The minimum atomic E-state index is -1.38. The van der Waals surface area contributed by atoms with E-state index in [0.717, 1.165) is 5.56 Å². The number of carboxylic acids is 1. The Morgan fingerprint density at radius 2 is 1.79 bits per heavy atom. The Morgan fingerprint density at radius 3 is 2.50 bits per heavy atom. The third kappa shape index (κ3) is 4.65. The average Bonchev–Trinajstić information content (AvgIpc) is 2.94. The fourth-order valence-corrected chi connectivity index (χ4v) is 3.90. The lowest BCUT2D eigenvalue weighted by molar-refractivity contribution is -0.254. The standard InChI is InChI=1S/C20H16N2O4S2/c23-17(21-15-9-5-4-8-14(15)19(25)26)10-11-22-18(24)16(28-20(22)27)12-13-6-2-1-3-7-13/h1-9,12H,10-11H2,(H,21,23)(H,25,26)/p-1. The van der Waals surface area contributed by atoms with Crippen LogP contribution in [0.15, 0.2) is 59.5 Å². The number of hydrogen-bond donors (Lipinski definition) is 1. The third-order valence-electron chi connectivity index (χ3n) is 3.95. The van der Waals surface area contributed by atoms with Gasteiger partial charge < -0.3 is 15.2 Å². The van der Waals surface area contributed by atoms with E-state index < -0.39 is 11.9 Å². The molecule has 3 rings (SSSR count). The molecule has 0 bridgehead atoms. The number of benzene rings is 2. The number of thioether (sulfide) groups is 1. The van der Waals surface area contributed by atoms with Gasteiger partial charge in [-0.2, -0.15) is 0 Å². The van der Waals surface area contributed by atoms with E-state index in [4.69, 9.17) is 12.2 Å². The number of rotatable bonds is 6. The van der Waals surface area contributed by atoms with Crippen LogP contribution in [0.25, 0.3) is 6.08 Å². The molecule has 1 fully saturated rings. The summed E-state index contributed by atoms with van der Waals surface area (Å²) in [7, 11) is 0. The molecular weight excluding hydrogens is 396 g/mol. The zero-order valence-electron chi connectivity index (χ0n) is 14.6. The van der Waals surface area contributed by atoms with Crippen LogP contribution in [0.4, 0.5) is 5.69 Å². The highest BCUT2D eigenvalue weighted by Crippen LogP contribution is 2.32. The quantitative estimate of drug-likeness (QED) is 0.579. The normalized spacial score (nSPS) is 15.1. The monoisotopic (exact) mass is 411 g/mol. The van der Waals surface area contributed by atoms with E-state index >= 15 is 0 Å². The van der Waals surface area contributed by atoms with Crippen LogP contribution in [0.1, 0.15) is 22.3 Å². The number of carbonyl (C=O) groups excluding carboxylic acids is 3. The molecule has 142 valence electrons. The van der Waals surface area contributed by atoms with E-state index in [1.54, 1.807) is 18.2 Å². The molecule has 1 saturated heterocycles. The first-order chi connectivity index (χ1) is 13.5. The molecule has 0 aromatic heterocycles. The van der Waals surface area contributed by atoms with E-state index in [9.17, 15) is 19.5 Å². The van der Waals surface area contributed by atoms with Crippen LogP contribution in [0.2, 0.25) is 0 Å². The van der Waals surface area contributed by atoms with E-state index in [1.165, 1.54) is 28.8 Å². The van der Waals surface area contributed by atoms with Gasteiger partial charge in [-0.05, 0) is 17.7 Å². The summed E-state index contributed by atoms with van der Waals surface area (Å²) in [6.07, 6.45) is 1.74. The number of hydrogen-bond acceptors (Lipinski definition) is 6. The highest BCUT2D eigenvalue weighted by molar-refractivity contribution is 8.26. The molecule has 0 unspecified atom stereocenters. The van der Waals surface area contributed by atoms with Crippen molar-refractivity contribution in [1.82, 2.24) is 4.90 Å². The first kappa shape index (κ1) is 19.8. The summed E-state index contributed by atoms with van der Waals surface area (Å²) in [6, 6.07) is 15.4. The van der Waals surface area contributed by atoms with Crippen LogP contribution in [0.5, 0.6) is 0 Å². The van der Waals surface area contributed by atoms with Crippen LogP contribution in [0, 0.1) is 0 Å². The van der Waals surface area contributed by atoms with Crippen molar-refractivity contribution in [3.63, 3.8) is 0 Å². The lowest BCUT2D eigenvalue weighted by atomic mass is 10.1. The van der Waals surface area contributed by atoms with Gasteiger partial charge in [0.05, 0.1) is 10.9 Å². The van der Waals surface area contributed by atoms with Crippen LogP contribution in [-0.2, 0) is 9.59 Å². The second-order valence-electron chi connectivity index (χ2n) is 5.88. The molecule has 2 aromatic carbocycles. The van der Waals surface area contributed by atoms with Gasteiger partial charge in [0.15, 0.2) is 0 Å². The Kier molecular flexibility index (Phi) is 6.23. The van der Waals surface area contributed by atoms with Crippen molar-refractivity contribution in [2.45, 2.75) is 6.42 Å². The molecule has 28 heavy (non-hydrogen) atoms. The fourth-order valence-electron chi connectivity index (χ4n) is 2.59.